The number of nitrogens with zero attached hydrogens (tertiary/aromatic N) is 5. The molecule has 3 heterocycles. The molecule has 0 radical (unpaired) electrons. The van der Waals surface area contributed by atoms with Crippen molar-refractivity contribution in [1.29, 1.82) is 0 Å². The summed E-state index contributed by atoms with van der Waals surface area (Å²) in [4.78, 5) is 28.7. The fraction of sp³-hybridized carbons (Fsp3) is 0.0500. The van der Waals surface area contributed by atoms with Gasteiger partial charge in [-0.2, -0.15) is 10.2 Å². The van der Waals surface area contributed by atoms with Gasteiger partial charge < -0.3 is 4.74 Å². The van der Waals surface area contributed by atoms with Crippen molar-refractivity contribution in [2.45, 2.75) is 0 Å². The molecule has 8 nitrogen and oxygen atoms in total. The van der Waals surface area contributed by atoms with E-state index in [0.29, 0.717) is 16.9 Å². The summed E-state index contributed by atoms with van der Waals surface area (Å²) in [5.74, 6) is -0.493. The van der Waals surface area contributed by atoms with Crippen molar-refractivity contribution in [2.75, 3.05) is 7.11 Å². The molecule has 1 aromatic carbocycles. The lowest BCUT2D eigenvalue weighted by atomic mass is 10.1. The van der Waals surface area contributed by atoms with E-state index in [1.165, 1.54) is 17.9 Å². The molecule has 0 atom stereocenters. The summed E-state index contributed by atoms with van der Waals surface area (Å²) in [6.45, 7) is 0. The Labute approximate surface area is 159 Å². The second-order valence-corrected chi connectivity index (χ2v) is 5.82. The fourth-order valence-electron chi connectivity index (χ4n) is 2.84. The first-order valence-electron chi connectivity index (χ1n) is 8.41. The summed E-state index contributed by atoms with van der Waals surface area (Å²) in [5.41, 5.74) is 2.00. The largest absolute Gasteiger partial charge is 0.465 e. The lowest BCUT2D eigenvalue weighted by Crippen LogP contribution is -2.16. The molecule has 0 spiro atoms. The zero-order valence-electron chi connectivity index (χ0n) is 14.9. The number of rotatable bonds is 4. The third kappa shape index (κ3) is 3.07. The van der Waals surface area contributed by atoms with Gasteiger partial charge in [-0.15, -0.1) is 0 Å². The van der Waals surface area contributed by atoms with E-state index in [2.05, 4.69) is 15.2 Å². The van der Waals surface area contributed by atoms with Gasteiger partial charge in [0, 0.05) is 24.7 Å². The topological polar surface area (TPSA) is 91.9 Å². The van der Waals surface area contributed by atoms with Crippen LogP contribution in [0.1, 0.15) is 10.4 Å². The maximum absolute atomic E-state index is 12.5. The van der Waals surface area contributed by atoms with Gasteiger partial charge in [0.05, 0.1) is 35.9 Å². The predicted octanol–water partition coefficient (Wildman–Crippen LogP) is 2.27. The predicted molar refractivity (Wildman–Crippen MR) is 102 cm³/mol. The molecule has 0 amide bonds. The molecule has 0 bridgehead atoms. The number of carbonyl (C=O) groups excluding carboxylic acids is 1. The van der Waals surface area contributed by atoms with Gasteiger partial charge in [-0.3, -0.25) is 9.78 Å². The van der Waals surface area contributed by atoms with Crippen molar-refractivity contribution in [3.05, 3.63) is 89.1 Å². The van der Waals surface area contributed by atoms with E-state index in [-0.39, 0.29) is 11.1 Å². The Hall–Kier alpha value is -4.07. The Morgan fingerprint density at radius 3 is 2.57 bits per heavy atom. The van der Waals surface area contributed by atoms with Crippen molar-refractivity contribution >= 4 is 5.97 Å². The Morgan fingerprint density at radius 2 is 1.79 bits per heavy atom. The van der Waals surface area contributed by atoms with Crippen LogP contribution < -0.4 is 5.43 Å². The highest BCUT2D eigenvalue weighted by atomic mass is 16.5. The molecule has 138 valence electrons. The summed E-state index contributed by atoms with van der Waals surface area (Å²) < 4.78 is 7.95. The molecule has 0 aliphatic heterocycles. The molecule has 0 saturated heterocycles. The van der Waals surface area contributed by atoms with E-state index in [0.717, 1.165) is 5.69 Å². The average Bonchev–Trinajstić information content (AvgIpc) is 3.23. The molecule has 0 fully saturated rings. The molecule has 0 saturated carbocycles. The minimum Gasteiger partial charge on any atom is -0.465 e. The third-order valence-electron chi connectivity index (χ3n) is 4.16. The van der Waals surface area contributed by atoms with Crippen LogP contribution in [0, 0.1) is 0 Å². The van der Waals surface area contributed by atoms with Crippen molar-refractivity contribution in [2.24, 2.45) is 0 Å². The summed E-state index contributed by atoms with van der Waals surface area (Å²) in [6.07, 6.45) is 6.43. The van der Waals surface area contributed by atoms with Crippen LogP contribution >= 0.6 is 0 Å². The Balaban J connectivity index is 1.88. The van der Waals surface area contributed by atoms with Gasteiger partial charge in [-0.25, -0.2) is 14.2 Å². The van der Waals surface area contributed by atoms with Crippen molar-refractivity contribution < 1.29 is 9.53 Å². The Bertz CT molecular complexity index is 1200. The first kappa shape index (κ1) is 17.3. The van der Waals surface area contributed by atoms with Gasteiger partial charge in [-0.1, -0.05) is 12.1 Å². The minimum absolute atomic E-state index is 0.205. The second-order valence-electron chi connectivity index (χ2n) is 5.82. The van der Waals surface area contributed by atoms with Gasteiger partial charge in [0.25, 0.3) is 0 Å². The SMILES string of the molecule is COC(=O)c1ccccc1-n1nccc1-c1nn(-c2ccncc2)ccc1=O. The molecule has 0 aliphatic rings. The minimum atomic E-state index is -0.493. The summed E-state index contributed by atoms with van der Waals surface area (Å²) in [7, 11) is 1.31. The van der Waals surface area contributed by atoms with Gasteiger partial charge in [0.1, 0.15) is 0 Å². The van der Waals surface area contributed by atoms with E-state index >= 15 is 0 Å². The van der Waals surface area contributed by atoms with E-state index in [9.17, 15) is 9.59 Å². The smallest absolute Gasteiger partial charge is 0.340 e. The highest BCUT2D eigenvalue weighted by Gasteiger charge is 2.18. The number of hydrogen-bond donors (Lipinski definition) is 0. The molecule has 4 rings (SSSR count). The van der Waals surface area contributed by atoms with E-state index in [1.54, 1.807) is 71.9 Å². The Kier molecular flexibility index (Phi) is 4.51. The molecule has 8 heteroatoms. The number of para-hydroxylation sites is 1. The number of benzene rings is 1. The zero-order valence-corrected chi connectivity index (χ0v) is 14.9. The molecular formula is C20H15N5O3. The first-order valence-corrected chi connectivity index (χ1v) is 8.41. The maximum Gasteiger partial charge on any atom is 0.340 e. The van der Waals surface area contributed by atoms with Crippen LogP contribution in [0.15, 0.2) is 78.1 Å². The molecule has 0 unspecified atom stereocenters. The highest BCUT2D eigenvalue weighted by molar-refractivity contribution is 5.93. The van der Waals surface area contributed by atoms with Crippen molar-refractivity contribution in [3.63, 3.8) is 0 Å². The molecule has 3 aromatic heterocycles. The number of pyridine rings is 1. The quantitative estimate of drug-likeness (QED) is 0.510. The molecule has 0 N–H and O–H groups in total. The lowest BCUT2D eigenvalue weighted by Gasteiger charge is -2.12. The van der Waals surface area contributed by atoms with Crippen LogP contribution in [-0.4, -0.2) is 37.6 Å². The van der Waals surface area contributed by atoms with Crippen LogP contribution in [0.5, 0.6) is 0 Å². The van der Waals surface area contributed by atoms with Gasteiger partial charge >= 0.3 is 5.97 Å². The molecule has 28 heavy (non-hydrogen) atoms. The van der Waals surface area contributed by atoms with E-state index in [1.807, 2.05) is 0 Å². The Morgan fingerprint density at radius 1 is 1.00 bits per heavy atom. The van der Waals surface area contributed by atoms with E-state index < -0.39 is 5.97 Å². The number of methoxy groups -OCH3 is 1. The molecule has 0 aliphatic carbocycles. The summed E-state index contributed by atoms with van der Waals surface area (Å²) in [6, 6.07) is 13.6. The number of carbonyl (C=O) groups is 1. The lowest BCUT2D eigenvalue weighted by molar-refractivity contribution is 0.0600. The van der Waals surface area contributed by atoms with Crippen LogP contribution in [0.4, 0.5) is 0 Å². The molecular weight excluding hydrogens is 358 g/mol. The number of hydrogen-bond acceptors (Lipinski definition) is 6. The normalized spacial score (nSPS) is 10.6. The van der Waals surface area contributed by atoms with Gasteiger partial charge in [-0.05, 0) is 30.3 Å². The fourth-order valence-corrected chi connectivity index (χ4v) is 2.84. The number of ether oxygens (including phenoxy) is 1. The van der Waals surface area contributed by atoms with Crippen LogP contribution in [-0.2, 0) is 4.74 Å². The second kappa shape index (κ2) is 7.28. The third-order valence-corrected chi connectivity index (χ3v) is 4.16. The van der Waals surface area contributed by atoms with Crippen molar-refractivity contribution in [1.82, 2.24) is 24.5 Å². The average molecular weight is 373 g/mol. The van der Waals surface area contributed by atoms with Gasteiger partial charge in [0.15, 0.2) is 5.69 Å². The van der Waals surface area contributed by atoms with E-state index in [4.69, 9.17) is 4.74 Å². The van der Waals surface area contributed by atoms with Crippen LogP contribution in [0.2, 0.25) is 0 Å². The summed E-state index contributed by atoms with van der Waals surface area (Å²) in [5, 5.41) is 8.76. The van der Waals surface area contributed by atoms with Crippen molar-refractivity contribution in [3.8, 4) is 22.8 Å². The zero-order chi connectivity index (χ0) is 19.5. The van der Waals surface area contributed by atoms with Crippen LogP contribution in [0.25, 0.3) is 22.8 Å². The monoisotopic (exact) mass is 373 g/mol. The first-order chi connectivity index (χ1) is 13.7. The number of aromatic nitrogens is 5. The number of esters is 1. The molecule has 4 aromatic rings. The highest BCUT2D eigenvalue weighted by Crippen LogP contribution is 2.22. The summed E-state index contributed by atoms with van der Waals surface area (Å²) >= 11 is 0. The van der Waals surface area contributed by atoms with Crippen LogP contribution in [0.3, 0.4) is 0 Å². The van der Waals surface area contributed by atoms with Gasteiger partial charge in [0.2, 0.25) is 5.43 Å². The maximum atomic E-state index is 12.5. The standard InChI is InChI=1S/C20H15N5O3/c1-28-20(27)15-4-2-3-5-16(15)25-17(8-12-22-25)19-18(26)9-13-24(23-19)14-6-10-21-11-7-14/h2-13H,1H3.